The fraction of sp³-hybridized carbons (Fsp3) is 0.250. The zero-order valence-electron chi connectivity index (χ0n) is 12.2. The van der Waals surface area contributed by atoms with Crippen molar-refractivity contribution in [3.8, 4) is 5.75 Å². The second kappa shape index (κ2) is 7.31. The highest BCUT2D eigenvalue weighted by molar-refractivity contribution is 5.95. The minimum Gasteiger partial charge on any atom is -0.494 e. The quantitative estimate of drug-likeness (QED) is 0.795. The van der Waals surface area contributed by atoms with Crippen molar-refractivity contribution in [2.24, 2.45) is 0 Å². The third kappa shape index (κ3) is 4.12. The molecule has 0 spiro atoms. The Labute approximate surface area is 127 Å². The van der Waals surface area contributed by atoms with Crippen molar-refractivity contribution in [2.75, 3.05) is 20.2 Å². The number of ether oxygens (including phenoxy) is 1. The topological polar surface area (TPSA) is 80.0 Å². The maximum atomic E-state index is 12.0. The molecular weight excluding hydrogens is 286 g/mol. The molecule has 0 saturated heterocycles. The number of aromatic carboxylic acids is 1. The van der Waals surface area contributed by atoms with E-state index < -0.39 is 5.97 Å². The van der Waals surface area contributed by atoms with E-state index in [2.05, 4.69) is 0 Å². The van der Waals surface area contributed by atoms with Gasteiger partial charge in [-0.05, 0) is 18.6 Å². The highest BCUT2D eigenvalue weighted by atomic mass is 16.5. The van der Waals surface area contributed by atoms with Crippen molar-refractivity contribution in [3.63, 3.8) is 0 Å². The van der Waals surface area contributed by atoms with Crippen molar-refractivity contribution in [1.82, 2.24) is 4.90 Å². The highest BCUT2D eigenvalue weighted by Crippen LogP contribution is 2.11. The Hall–Kier alpha value is -2.76. The lowest BCUT2D eigenvalue weighted by atomic mass is 10.3. The van der Waals surface area contributed by atoms with Gasteiger partial charge in [0.25, 0.3) is 5.91 Å². The van der Waals surface area contributed by atoms with Crippen LogP contribution in [0.1, 0.15) is 27.3 Å². The number of carbonyl (C=O) groups excluding carboxylic acids is 1. The number of carboxylic acid groups (broad SMARTS) is 1. The molecule has 0 unspecified atom stereocenters. The Morgan fingerprint density at radius 3 is 2.64 bits per heavy atom. The summed E-state index contributed by atoms with van der Waals surface area (Å²) in [5.41, 5.74) is -0.0378. The van der Waals surface area contributed by atoms with Crippen molar-refractivity contribution in [3.05, 3.63) is 54.0 Å². The normalized spacial score (nSPS) is 10.2. The van der Waals surface area contributed by atoms with Crippen LogP contribution in [0.3, 0.4) is 0 Å². The summed E-state index contributed by atoms with van der Waals surface area (Å²) in [6, 6.07) is 10.6. The van der Waals surface area contributed by atoms with Gasteiger partial charge in [0.15, 0.2) is 5.76 Å². The van der Waals surface area contributed by atoms with Gasteiger partial charge < -0.3 is 19.2 Å². The standard InChI is InChI=1S/C16H17NO5/c1-17(8-5-9-21-13-6-3-2-4-7-13)15(18)14-10-12(11-22-14)16(19)20/h2-4,6-7,10-11H,5,8-9H2,1H3,(H,19,20). The number of hydrogen-bond acceptors (Lipinski definition) is 4. The van der Waals surface area contributed by atoms with Gasteiger partial charge in [-0.25, -0.2) is 4.79 Å². The van der Waals surface area contributed by atoms with Crippen molar-refractivity contribution < 1.29 is 23.8 Å². The van der Waals surface area contributed by atoms with Crippen molar-refractivity contribution in [2.45, 2.75) is 6.42 Å². The molecule has 0 atom stereocenters. The second-order valence-electron chi connectivity index (χ2n) is 4.75. The smallest absolute Gasteiger partial charge is 0.338 e. The largest absolute Gasteiger partial charge is 0.494 e. The summed E-state index contributed by atoms with van der Waals surface area (Å²) in [6.07, 6.45) is 1.71. The first-order valence-electron chi connectivity index (χ1n) is 6.83. The fourth-order valence-corrected chi connectivity index (χ4v) is 1.86. The number of carbonyl (C=O) groups is 2. The number of rotatable bonds is 7. The molecule has 0 fully saturated rings. The van der Waals surface area contributed by atoms with Gasteiger partial charge in [-0.3, -0.25) is 4.79 Å². The van der Waals surface area contributed by atoms with Crippen molar-refractivity contribution in [1.29, 1.82) is 0 Å². The number of hydrogen-bond donors (Lipinski definition) is 1. The van der Waals surface area contributed by atoms with Gasteiger partial charge in [0.05, 0.1) is 12.2 Å². The summed E-state index contributed by atoms with van der Waals surface area (Å²) in [5.74, 6) is -0.675. The first kappa shape index (κ1) is 15.6. The van der Waals surface area contributed by atoms with Crippen LogP contribution in [0.25, 0.3) is 0 Å². The van der Waals surface area contributed by atoms with Crippen LogP contribution in [-0.4, -0.2) is 42.1 Å². The van der Waals surface area contributed by atoms with Gasteiger partial charge in [-0.15, -0.1) is 0 Å². The Kier molecular flexibility index (Phi) is 5.19. The van der Waals surface area contributed by atoms with E-state index in [1.807, 2.05) is 30.3 Å². The van der Waals surface area contributed by atoms with Gasteiger partial charge in [0.2, 0.25) is 0 Å². The van der Waals surface area contributed by atoms with Gasteiger partial charge in [0, 0.05) is 19.7 Å². The first-order chi connectivity index (χ1) is 10.6. The minimum absolute atomic E-state index is 0.0175. The second-order valence-corrected chi connectivity index (χ2v) is 4.75. The molecule has 116 valence electrons. The summed E-state index contributed by atoms with van der Waals surface area (Å²) in [6.45, 7) is 0.967. The number of amides is 1. The zero-order chi connectivity index (χ0) is 15.9. The van der Waals surface area contributed by atoms with Crippen LogP contribution in [0.15, 0.2) is 47.1 Å². The fourth-order valence-electron chi connectivity index (χ4n) is 1.86. The maximum absolute atomic E-state index is 12.0. The molecule has 0 aliphatic rings. The SMILES string of the molecule is CN(CCCOc1ccccc1)C(=O)c1cc(C(=O)O)co1. The van der Waals surface area contributed by atoms with Crippen LogP contribution in [0, 0.1) is 0 Å². The van der Waals surface area contributed by atoms with E-state index in [1.165, 1.54) is 11.0 Å². The van der Waals surface area contributed by atoms with E-state index in [4.69, 9.17) is 14.3 Å². The van der Waals surface area contributed by atoms with Crippen molar-refractivity contribution >= 4 is 11.9 Å². The first-order valence-corrected chi connectivity index (χ1v) is 6.83. The zero-order valence-corrected chi connectivity index (χ0v) is 12.2. The minimum atomic E-state index is -1.12. The Balaban J connectivity index is 1.77. The number of para-hydroxylation sites is 1. The predicted octanol–water partition coefficient (Wildman–Crippen LogP) is 2.52. The molecule has 0 saturated carbocycles. The average Bonchev–Trinajstić information content (AvgIpc) is 3.02. The molecule has 2 rings (SSSR count). The Morgan fingerprint density at radius 2 is 2.00 bits per heavy atom. The Bertz CT molecular complexity index is 635. The average molecular weight is 303 g/mol. The summed E-state index contributed by atoms with van der Waals surface area (Å²) >= 11 is 0. The molecule has 22 heavy (non-hydrogen) atoms. The lowest BCUT2D eigenvalue weighted by Crippen LogP contribution is -2.28. The van der Waals surface area contributed by atoms with Gasteiger partial charge in [0.1, 0.15) is 12.0 Å². The van der Waals surface area contributed by atoms with E-state index in [1.54, 1.807) is 7.05 Å². The molecule has 1 N–H and O–H groups in total. The van der Waals surface area contributed by atoms with Crippen LogP contribution in [0.4, 0.5) is 0 Å². The monoisotopic (exact) mass is 303 g/mol. The van der Waals surface area contributed by atoms with E-state index in [0.29, 0.717) is 19.6 Å². The molecular formula is C16H17NO5. The van der Waals surface area contributed by atoms with E-state index in [0.717, 1.165) is 12.0 Å². The molecule has 6 nitrogen and oxygen atoms in total. The molecule has 0 radical (unpaired) electrons. The van der Waals surface area contributed by atoms with Crippen LogP contribution >= 0.6 is 0 Å². The molecule has 6 heteroatoms. The molecule has 1 amide bonds. The van der Waals surface area contributed by atoms with Crippen LogP contribution in [0.2, 0.25) is 0 Å². The molecule has 1 aromatic carbocycles. The number of benzene rings is 1. The van der Waals surface area contributed by atoms with E-state index >= 15 is 0 Å². The van der Waals surface area contributed by atoms with E-state index in [-0.39, 0.29) is 17.2 Å². The molecule has 0 bridgehead atoms. The molecule has 2 aromatic rings. The van der Waals surface area contributed by atoms with Crippen LogP contribution in [-0.2, 0) is 0 Å². The summed E-state index contributed by atoms with van der Waals surface area (Å²) in [7, 11) is 1.63. The number of nitrogens with zero attached hydrogens (tertiary/aromatic N) is 1. The Morgan fingerprint density at radius 1 is 1.27 bits per heavy atom. The lowest BCUT2D eigenvalue weighted by molar-refractivity contribution is 0.0695. The van der Waals surface area contributed by atoms with E-state index in [9.17, 15) is 9.59 Å². The number of carboxylic acids is 1. The van der Waals surface area contributed by atoms with Gasteiger partial charge >= 0.3 is 5.97 Å². The maximum Gasteiger partial charge on any atom is 0.338 e. The summed E-state index contributed by atoms with van der Waals surface area (Å²) in [4.78, 5) is 24.3. The third-order valence-electron chi connectivity index (χ3n) is 3.05. The van der Waals surface area contributed by atoms with Crippen LogP contribution in [0.5, 0.6) is 5.75 Å². The molecule has 0 aliphatic carbocycles. The van der Waals surface area contributed by atoms with Crippen LogP contribution < -0.4 is 4.74 Å². The summed E-state index contributed by atoms with van der Waals surface area (Å²) in [5, 5.41) is 8.80. The highest BCUT2D eigenvalue weighted by Gasteiger charge is 2.17. The third-order valence-corrected chi connectivity index (χ3v) is 3.05. The lowest BCUT2D eigenvalue weighted by Gasteiger charge is -2.15. The summed E-state index contributed by atoms with van der Waals surface area (Å²) < 4.78 is 10.5. The van der Waals surface area contributed by atoms with Gasteiger partial charge in [-0.2, -0.15) is 0 Å². The van der Waals surface area contributed by atoms with Gasteiger partial charge in [-0.1, -0.05) is 18.2 Å². The molecule has 1 heterocycles. The molecule has 0 aliphatic heterocycles. The predicted molar refractivity (Wildman–Crippen MR) is 79.2 cm³/mol. The number of furan rings is 1. The molecule has 1 aromatic heterocycles.